The van der Waals surface area contributed by atoms with Crippen LogP contribution >= 0.6 is 11.3 Å². The van der Waals surface area contributed by atoms with Gasteiger partial charge in [0.1, 0.15) is 5.82 Å². The van der Waals surface area contributed by atoms with Crippen molar-refractivity contribution in [2.75, 3.05) is 0 Å². The van der Waals surface area contributed by atoms with Crippen LogP contribution in [-0.2, 0) is 0 Å². The van der Waals surface area contributed by atoms with Gasteiger partial charge in [-0.25, -0.2) is 4.39 Å². The number of fused-ring (bicyclic) bond motifs is 1. The fourth-order valence-electron chi connectivity index (χ4n) is 1.61. The molecule has 1 aromatic carbocycles. The lowest BCUT2D eigenvalue weighted by Gasteiger charge is -2.04. The number of aliphatic hydroxyl groups excluding tert-OH is 1. The van der Waals surface area contributed by atoms with Gasteiger partial charge in [-0.2, -0.15) is 0 Å². The van der Waals surface area contributed by atoms with Crippen molar-refractivity contribution in [1.82, 2.24) is 0 Å². The van der Waals surface area contributed by atoms with Gasteiger partial charge in [-0.1, -0.05) is 13.3 Å². The molecule has 0 radical (unpaired) electrons. The van der Waals surface area contributed by atoms with Crippen LogP contribution in [-0.4, -0.2) is 5.11 Å². The average molecular weight is 224 g/mol. The Hall–Kier alpha value is -0.930. The SMILES string of the molecule is CCCC(O)c1cc2cc(F)ccc2s1. The van der Waals surface area contributed by atoms with Gasteiger partial charge < -0.3 is 5.11 Å². The first-order chi connectivity index (χ1) is 7.20. The maximum absolute atomic E-state index is 12.9. The lowest BCUT2D eigenvalue weighted by molar-refractivity contribution is 0.170. The number of halogens is 1. The molecule has 0 bridgehead atoms. The quantitative estimate of drug-likeness (QED) is 0.839. The van der Waals surface area contributed by atoms with Gasteiger partial charge >= 0.3 is 0 Å². The zero-order valence-electron chi connectivity index (χ0n) is 8.53. The fraction of sp³-hybridized carbons (Fsp3) is 0.333. The summed E-state index contributed by atoms with van der Waals surface area (Å²) in [7, 11) is 0. The van der Waals surface area contributed by atoms with Crippen molar-refractivity contribution in [1.29, 1.82) is 0 Å². The highest BCUT2D eigenvalue weighted by Crippen LogP contribution is 2.32. The molecule has 1 N–H and O–H groups in total. The molecule has 2 aromatic rings. The molecule has 0 aliphatic carbocycles. The second kappa shape index (κ2) is 4.29. The molecule has 0 aliphatic rings. The minimum Gasteiger partial charge on any atom is -0.388 e. The van der Waals surface area contributed by atoms with Crippen molar-refractivity contribution in [2.45, 2.75) is 25.9 Å². The summed E-state index contributed by atoms with van der Waals surface area (Å²) in [6.07, 6.45) is 1.30. The highest BCUT2D eigenvalue weighted by molar-refractivity contribution is 7.19. The summed E-state index contributed by atoms with van der Waals surface area (Å²) in [5.74, 6) is -0.225. The van der Waals surface area contributed by atoms with E-state index in [0.717, 1.165) is 27.8 Å². The van der Waals surface area contributed by atoms with E-state index in [9.17, 15) is 9.50 Å². The standard InChI is InChI=1S/C12H13FOS/c1-2-3-10(14)12-7-8-6-9(13)4-5-11(8)15-12/h4-7,10,14H,2-3H2,1H3. The molecule has 0 amide bonds. The minimum atomic E-state index is -0.407. The van der Waals surface area contributed by atoms with E-state index in [4.69, 9.17) is 0 Å². The Bertz CT molecular complexity index is 464. The van der Waals surface area contributed by atoms with Crippen LogP contribution in [0.1, 0.15) is 30.7 Å². The summed E-state index contributed by atoms with van der Waals surface area (Å²) >= 11 is 1.54. The summed E-state index contributed by atoms with van der Waals surface area (Å²) in [6.45, 7) is 2.04. The molecule has 2 rings (SSSR count). The highest BCUT2D eigenvalue weighted by Gasteiger charge is 2.10. The van der Waals surface area contributed by atoms with E-state index in [1.807, 2.05) is 13.0 Å². The van der Waals surface area contributed by atoms with Gasteiger partial charge in [-0.05, 0) is 36.1 Å². The van der Waals surface area contributed by atoms with E-state index in [-0.39, 0.29) is 5.82 Å². The Morgan fingerprint density at radius 3 is 2.93 bits per heavy atom. The van der Waals surface area contributed by atoms with E-state index in [2.05, 4.69) is 0 Å². The molecule has 1 atom stereocenters. The third kappa shape index (κ3) is 2.19. The first kappa shape index (κ1) is 10.6. The fourth-order valence-corrected chi connectivity index (χ4v) is 2.68. The van der Waals surface area contributed by atoms with Crippen LogP contribution < -0.4 is 0 Å². The molecule has 0 fully saturated rings. The molecule has 15 heavy (non-hydrogen) atoms. The molecule has 0 aliphatic heterocycles. The maximum Gasteiger partial charge on any atom is 0.123 e. The van der Waals surface area contributed by atoms with Gasteiger partial charge in [0.05, 0.1) is 6.10 Å². The number of hydrogen-bond acceptors (Lipinski definition) is 2. The molecule has 0 saturated heterocycles. The first-order valence-corrected chi connectivity index (χ1v) is 5.89. The second-order valence-corrected chi connectivity index (χ2v) is 4.75. The number of hydrogen-bond donors (Lipinski definition) is 1. The van der Waals surface area contributed by atoms with Crippen LogP contribution in [0.3, 0.4) is 0 Å². The van der Waals surface area contributed by atoms with Crippen LogP contribution in [0.4, 0.5) is 4.39 Å². The predicted octanol–water partition coefficient (Wildman–Crippen LogP) is 3.87. The first-order valence-electron chi connectivity index (χ1n) is 5.07. The zero-order valence-corrected chi connectivity index (χ0v) is 9.35. The molecular formula is C12H13FOS. The number of rotatable bonds is 3. The number of benzene rings is 1. The topological polar surface area (TPSA) is 20.2 Å². The second-order valence-electron chi connectivity index (χ2n) is 3.64. The van der Waals surface area contributed by atoms with E-state index in [1.165, 1.54) is 23.5 Å². The summed E-state index contributed by atoms with van der Waals surface area (Å²) in [6, 6.07) is 6.60. The molecule has 3 heteroatoms. The maximum atomic E-state index is 12.9. The van der Waals surface area contributed by atoms with Crippen LogP contribution in [0.2, 0.25) is 0 Å². The van der Waals surface area contributed by atoms with Crippen LogP contribution in [0.25, 0.3) is 10.1 Å². The summed E-state index contributed by atoms with van der Waals surface area (Å²) < 4.78 is 14.0. The molecule has 1 heterocycles. The van der Waals surface area contributed by atoms with E-state index in [0.29, 0.717) is 0 Å². The summed E-state index contributed by atoms with van der Waals surface area (Å²) in [5.41, 5.74) is 0. The van der Waals surface area contributed by atoms with Gasteiger partial charge in [0.15, 0.2) is 0 Å². The number of thiophene rings is 1. The van der Waals surface area contributed by atoms with Crippen LogP contribution in [0, 0.1) is 5.82 Å². The van der Waals surface area contributed by atoms with E-state index in [1.54, 1.807) is 6.07 Å². The van der Waals surface area contributed by atoms with Crippen molar-refractivity contribution in [3.05, 3.63) is 35.0 Å². The normalized spacial score (nSPS) is 13.3. The Morgan fingerprint density at radius 2 is 2.20 bits per heavy atom. The van der Waals surface area contributed by atoms with Crippen molar-refractivity contribution in [3.8, 4) is 0 Å². The zero-order chi connectivity index (χ0) is 10.8. The highest BCUT2D eigenvalue weighted by atomic mass is 32.1. The molecule has 0 spiro atoms. The molecule has 0 saturated carbocycles. The third-order valence-electron chi connectivity index (χ3n) is 2.39. The summed E-state index contributed by atoms with van der Waals surface area (Å²) in [4.78, 5) is 0.928. The lowest BCUT2D eigenvalue weighted by Crippen LogP contribution is -1.91. The van der Waals surface area contributed by atoms with Gasteiger partial charge in [0.2, 0.25) is 0 Å². The van der Waals surface area contributed by atoms with Gasteiger partial charge in [0, 0.05) is 9.58 Å². The summed E-state index contributed by atoms with van der Waals surface area (Å²) in [5, 5.41) is 10.7. The third-order valence-corrected chi connectivity index (χ3v) is 3.61. The molecule has 80 valence electrons. The lowest BCUT2D eigenvalue weighted by atomic mass is 10.1. The molecule has 1 aromatic heterocycles. The van der Waals surface area contributed by atoms with E-state index >= 15 is 0 Å². The van der Waals surface area contributed by atoms with Crippen LogP contribution in [0.5, 0.6) is 0 Å². The Balaban J connectivity index is 2.38. The van der Waals surface area contributed by atoms with Crippen LogP contribution in [0.15, 0.2) is 24.3 Å². The Kier molecular flexibility index (Phi) is 3.03. The van der Waals surface area contributed by atoms with Crippen molar-refractivity contribution in [2.24, 2.45) is 0 Å². The van der Waals surface area contributed by atoms with Crippen molar-refractivity contribution in [3.63, 3.8) is 0 Å². The van der Waals surface area contributed by atoms with Gasteiger partial charge in [-0.15, -0.1) is 11.3 Å². The molecule has 1 nitrogen and oxygen atoms in total. The van der Waals surface area contributed by atoms with Crippen molar-refractivity contribution >= 4 is 21.4 Å². The monoisotopic (exact) mass is 224 g/mol. The minimum absolute atomic E-state index is 0.225. The van der Waals surface area contributed by atoms with Gasteiger partial charge in [0.25, 0.3) is 0 Å². The predicted molar refractivity (Wildman–Crippen MR) is 61.7 cm³/mol. The largest absolute Gasteiger partial charge is 0.388 e. The van der Waals surface area contributed by atoms with Crippen molar-refractivity contribution < 1.29 is 9.50 Å². The average Bonchev–Trinajstić information content (AvgIpc) is 2.60. The smallest absolute Gasteiger partial charge is 0.123 e. The molecule has 1 unspecified atom stereocenters. The Morgan fingerprint density at radius 1 is 1.40 bits per heavy atom. The Labute approximate surface area is 92.2 Å². The van der Waals surface area contributed by atoms with E-state index < -0.39 is 6.10 Å². The number of aliphatic hydroxyl groups is 1. The van der Waals surface area contributed by atoms with Gasteiger partial charge in [-0.3, -0.25) is 0 Å². The molecular weight excluding hydrogens is 211 g/mol.